The second kappa shape index (κ2) is 12.4. The van der Waals surface area contributed by atoms with Crippen LogP contribution in [0.15, 0.2) is 97.1 Å². The van der Waals surface area contributed by atoms with Gasteiger partial charge in [-0.25, -0.2) is 4.57 Å². The topological polar surface area (TPSA) is 142 Å². The Labute approximate surface area is 226 Å². The number of Topliss-reactive ketones (excluding diaryl/α,β-unsaturated/α-hetero) is 2. The number of hydrogen-bond acceptors (Lipinski definition) is 7. The standard InChI is InChI=1S/C30H29N2O6P/c31-27-7-3-1-5-25(27)29(33)19-13-21-9-15-23(16-10-21)37-39(35,36)38-24-17-11-22(12-18-24)14-20-30(34)26-6-2-4-8-28(26)32/h1-12,15-18H,13-14,19-20,31-32H2,(H,35,36). The summed E-state index contributed by atoms with van der Waals surface area (Å²) in [5, 5.41) is 0. The third kappa shape index (κ3) is 7.80. The van der Waals surface area contributed by atoms with Crippen LogP contribution in [0.2, 0.25) is 0 Å². The van der Waals surface area contributed by atoms with Crippen molar-refractivity contribution in [3.8, 4) is 11.5 Å². The van der Waals surface area contributed by atoms with Gasteiger partial charge < -0.3 is 20.5 Å². The molecule has 8 nitrogen and oxygen atoms in total. The van der Waals surface area contributed by atoms with Gasteiger partial charge in [-0.1, -0.05) is 48.5 Å². The molecule has 39 heavy (non-hydrogen) atoms. The first-order chi connectivity index (χ1) is 18.7. The van der Waals surface area contributed by atoms with Crippen LogP contribution < -0.4 is 20.5 Å². The molecule has 0 amide bonds. The molecule has 0 aliphatic carbocycles. The van der Waals surface area contributed by atoms with Crippen LogP contribution in [0.5, 0.6) is 11.5 Å². The number of ketones is 2. The summed E-state index contributed by atoms with van der Waals surface area (Å²) in [6, 6.07) is 26.9. The van der Waals surface area contributed by atoms with Crippen LogP contribution in [0, 0.1) is 0 Å². The summed E-state index contributed by atoms with van der Waals surface area (Å²) in [5.41, 5.74) is 15.3. The number of carbonyl (C=O) groups excluding carboxylic acids is 2. The normalized spacial score (nSPS) is 11.1. The van der Waals surface area contributed by atoms with Gasteiger partial charge in [-0.15, -0.1) is 0 Å². The van der Waals surface area contributed by atoms with Crippen LogP contribution in [0.4, 0.5) is 11.4 Å². The minimum atomic E-state index is -4.46. The van der Waals surface area contributed by atoms with E-state index in [1.165, 1.54) is 0 Å². The number of aryl methyl sites for hydroxylation is 2. The highest BCUT2D eigenvalue weighted by molar-refractivity contribution is 7.48. The third-order valence-corrected chi connectivity index (χ3v) is 6.98. The molecule has 0 aromatic heterocycles. The summed E-state index contributed by atoms with van der Waals surface area (Å²) in [6.07, 6.45) is 1.52. The lowest BCUT2D eigenvalue weighted by Gasteiger charge is -2.14. The van der Waals surface area contributed by atoms with Gasteiger partial charge in [0.2, 0.25) is 0 Å². The molecule has 5 N–H and O–H groups in total. The zero-order valence-corrected chi connectivity index (χ0v) is 22.1. The van der Waals surface area contributed by atoms with E-state index < -0.39 is 7.82 Å². The maximum Gasteiger partial charge on any atom is 0.584 e. The molecule has 200 valence electrons. The fourth-order valence-corrected chi connectivity index (χ4v) is 4.82. The van der Waals surface area contributed by atoms with Crippen LogP contribution in [0.25, 0.3) is 0 Å². The number of benzene rings is 4. The lowest BCUT2D eigenvalue weighted by atomic mass is 10.0. The van der Waals surface area contributed by atoms with Gasteiger partial charge in [-0.2, -0.15) is 0 Å². The number of phosphoric acid groups is 1. The van der Waals surface area contributed by atoms with E-state index in [-0.39, 0.29) is 35.9 Å². The van der Waals surface area contributed by atoms with Crippen LogP contribution >= 0.6 is 7.82 Å². The van der Waals surface area contributed by atoms with Crippen molar-refractivity contribution in [2.75, 3.05) is 11.5 Å². The number of carbonyl (C=O) groups is 2. The summed E-state index contributed by atoms with van der Waals surface area (Å²) in [5.74, 6) is 0.192. The third-order valence-electron chi connectivity index (χ3n) is 6.09. The monoisotopic (exact) mass is 544 g/mol. The van der Waals surface area contributed by atoms with E-state index in [1.807, 2.05) is 0 Å². The molecule has 4 aromatic rings. The number of nitrogens with two attached hydrogens (primary N) is 2. The van der Waals surface area contributed by atoms with Gasteiger partial charge in [0.15, 0.2) is 11.6 Å². The molecule has 0 saturated carbocycles. The number of para-hydroxylation sites is 2. The van der Waals surface area contributed by atoms with E-state index in [1.54, 1.807) is 97.1 Å². The van der Waals surface area contributed by atoms with Crippen molar-refractivity contribution in [2.24, 2.45) is 0 Å². The second-order valence-electron chi connectivity index (χ2n) is 8.96. The number of phosphoric ester groups is 1. The first-order valence-electron chi connectivity index (χ1n) is 12.4. The van der Waals surface area contributed by atoms with E-state index in [2.05, 4.69) is 0 Å². The summed E-state index contributed by atoms with van der Waals surface area (Å²) in [7, 11) is -4.46. The Morgan fingerprint density at radius 3 is 1.33 bits per heavy atom. The summed E-state index contributed by atoms with van der Waals surface area (Å²) >= 11 is 0. The highest BCUT2D eigenvalue weighted by atomic mass is 31.2. The van der Waals surface area contributed by atoms with Crippen molar-refractivity contribution >= 4 is 30.8 Å². The Morgan fingerprint density at radius 2 is 0.974 bits per heavy atom. The molecule has 0 aliphatic heterocycles. The fourth-order valence-electron chi connectivity index (χ4n) is 4.01. The van der Waals surface area contributed by atoms with E-state index in [9.17, 15) is 19.0 Å². The average Bonchev–Trinajstić information content (AvgIpc) is 2.92. The Hall–Kier alpha value is -4.39. The Kier molecular flexibility index (Phi) is 8.81. The second-order valence-corrected chi connectivity index (χ2v) is 10.3. The van der Waals surface area contributed by atoms with Gasteiger partial charge in [0.05, 0.1) is 0 Å². The van der Waals surface area contributed by atoms with Crippen molar-refractivity contribution in [1.82, 2.24) is 0 Å². The smallest absolute Gasteiger partial charge is 0.398 e. The Bertz CT molecular complexity index is 1390. The molecule has 4 aromatic carbocycles. The number of anilines is 2. The summed E-state index contributed by atoms with van der Waals surface area (Å²) in [6.45, 7) is 0. The molecule has 0 bridgehead atoms. The van der Waals surface area contributed by atoms with Gasteiger partial charge in [-0.3, -0.25) is 14.5 Å². The molecule has 0 spiro atoms. The minimum absolute atomic E-state index is 0.0554. The van der Waals surface area contributed by atoms with Gasteiger partial charge >= 0.3 is 7.82 Å². The molecule has 0 aliphatic rings. The number of rotatable bonds is 12. The molecule has 4 rings (SSSR count). The maximum absolute atomic E-state index is 12.5. The van der Waals surface area contributed by atoms with Crippen molar-refractivity contribution in [2.45, 2.75) is 25.7 Å². The lowest BCUT2D eigenvalue weighted by molar-refractivity contribution is 0.0975. The molecule has 0 radical (unpaired) electrons. The van der Waals surface area contributed by atoms with Crippen molar-refractivity contribution < 1.29 is 28.1 Å². The first kappa shape index (κ1) is 27.6. The van der Waals surface area contributed by atoms with Gasteiger partial charge in [0.25, 0.3) is 0 Å². The average molecular weight is 545 g/mol. The highest BCUT2D eigenvalue weighted by Gasteiger charge is 2.25. The Balaban J connectivity index is 1.27. The van der Waals surface area contributed by atoms with Gasteiger partial charge in [0.1, 0.15) is 11.5 Å². The first-order valence-corrected chi connectivity index (χ1v) is 13.8. The lowest BCUT2D eigenvalue weighted by Crippen LogP contribution is -2.05. The Morgan fingerprint density at radius 1 is 0.615 bits per heavy atom. The van der Waals surface area contributed by atoms with E-state index in [0.29, 0.717) is 35.3 Å². The van der Waals surface area contributed by atoms with E-state index >= 15 is 0 Å². The van der Waals surface area contributed by atoms with Crippen LogP contribution in [0.1, 0.15) is 44.7 Å². The number of nitrogen functional groups attached to an aromatic ring is 2. The van der Waals surface area contributed by atoms with Crippen LogP contribution in [-0.4, -0.2) is 16.5 Å². The zero-order valence-electron chi connectivity index (χ0n) is 21.2. The maximum atomic E-state index is 12.5. The predicted molar refractivity (Wildman–Crippen MR) is 151 cm³/mol. The van der Waals surface area contributed by atoms with Gasteiger partial charge in [0, 0.05) is 35.3 Å². The zero-order chi connectivity index (χ0) is 27.8. The molecule has 0 fully saturated rings. The minimum Gasteiger partial charge on any atom is -0.398 e. The summed E-state index contributed by atoms with van der Waals surface area (Å²) < 4.78 is 22.9. The van der Waals surface area contributed by atoms with Gasteiger partial charge in [-0.05, 0) is 72.5 Å². The van der Waals surface area contributed by atoms with Crippen molar-refractivity contribution in [3.63, 3.8) is 0 Å². The molecular weight excluding hydrogens is 515 g/mol. The molecule has 0 heterocycles. The molecule has 0 atom stereocenters. The fraction of sp³-hybridized carbons (Fsp3) is 0.133. The molecule has 9 heteroatoms. The molecular formula is C30H29N2O6P. The SMILES string of the molecule is Nc1ccccc1C(=O)CCc1ccc(OP(=O)(O)Oc2ccc(CCC(=O)c3ccccc3N)cc2)cc1. The molecule has 0 saturated heterocycles. The van der Waals surface area contributed by atoms with Crippen LogP contribution in [0.3, 0.4) is 0 Å². The predicted octanol–water partition coefficient (Wildman–Crippen LogP) is 6.04. The van der Waals surface area contributed by atoms with E-state index in [4.69, 9.17) is 20.5 Å². The highest BCUT2D eigenvalue weighted by Crippen LogP contribution is 2.44. The summed E-state index contributed by atoms with van der Waals surface area (Å²) in [4.78, 5) is 35.0. The quantitative estimate of drug-likeness (QED) is 0.111. The van der Waals surface area contributed by atoms with E-state index in [0.717, 1.165) is 11.1 Å². The van der Waals surface area contributed by atoms with Crippen LogP contribution in [-0.2, 0) is 17.4 Å². The largest absolute Gasteiger partial charge is 0.584 e. The van der Waals surface area contributed by atoms with Crippen molar-refractivity contribution in [3.05, 3.63) is 119 Å². The molecule has 0 unspecified atom stereocenters. The number of hydrogen-bond donors (Lipinski definition) is 3. The van der Waals surface area contributed by atoms with Crippen molar-refractivity contribution in [1.29, 1.82) is 0 Å².